The Bertz CT molecular complexity index is 1280. The van der Waals surface area contributed by atoms with E-state index in [-0.39, 0.29) is 0 Å². The maximum Gasteiger partial charge on any atom is 0.0944 e. The molecule has 0 amide bonds. The summed E-state index contributed by atoms with van der Waals surface area (Å²) in [5.41, 5.74) is 6.88. The summed E-state index contributed by atoms with van der Waals surface area (Å²) >= 11 is 0. The van der Waals surface area contributed by atoms with Gasteiger partial charge in [0.05, 0.1) is 17.6 Å². The quantitative estimate of drug-likeness (QED) is 0.362. The van der Waals surface area contributed by atoms with Crippen LogP contribution in [0.15, 0.2) is 72.9 Å². The molecule has 29 heavy (non-hydrogen) atoms. The third kappa shape index (κ3) is 3.21. The molecular weight excluding hydrogens is 356 g/mol. The number of aryl methyl sites for hydroxylation is 2. The van der Waals surface area contributed by atoms with E-state index in [0.717, 1.165) is 23.5 Å². The van der Waals surface area contributed by atoms with Gasteiger partial charge < -0.3 is 4.57 Å². The monoisotopic (exact) mass is 382 g/mol. The van der Waals surface area contributed by atoms with Crippen molar-refractivity contribution < 1.29 is 0 Å². The minimum absolute atomic E-state index is 0.946. The van der Waals surface area contributed by atoms with Crippen molar-refractivity contribution in [2.75, 3.05) is 0 Å². The minimum atomic E-state index is 0.946. The van der Waals surface area contributed by atoms with E-state index in [1.165, 1.54) is 27.4 Å². The van der Waals surface area contributed by atoms with E-state index in [9.17, 15) is 0 Å². The molecule has 4 nitrogen and oxygen atoms in total. The molecule has 146 valence electrons. The van der Waals surface area contributed by atoms with Crippen molar-refractivity contribution in [3.63, 3.8) is 0 Å². The van der Waals surface area contributed by atoms with Crippen LogP contribution < -0.4 is 0 Å². The lowest BCUT2D eigenvalue weighted by Crippen LogP contribution is -2.00. The van der Waals surface area contributed by atoms with E-state index in [4.69, 9.17) is 0 Å². The maximum atomic E-state index is 4.37. The average molecular weight is 383 g/mol. The van der Waals surface area contributed by atoms with Crippen molar-refractivity contribution >= 4 is 21.8 Å². The Morgan fingerprint density at radius 3 is 2.41 bits per heavy atom. The molecule has 0 aliphatic carbocycles. The predicted octanol–water partition coefficient (Wildman–Crippen LogP) is 6.40. The zero-order chi connectivity index (χ0) is 20.4. The Balaban J connectivity index is 0.000000994. The number of fused-ring (bicyclic) bond motifs is 3. The van der Waals surface area contributed by atoms with E-state index in [1.54, 1.807) is 0 Å². The fourth-order valence-corrected chi connectivity index (χ4v) is 3.94. The Hall–Kier alpha value is -3.40. The van der Waals surface area contributed by atoms with Gasteiger partial charge in [-0.25, -0.2) is 4.68 Å². The number of para-hydroxylation sites is 1. The van der Waals surface area contributed by atoms with Crippen LogP contribution in [0.1, 0.15) is 26.3 Å². The molecular formula is C25H26N4. The predicted molar refractivity (Wildman–Crippen MR) is 122 cm³/mol. The topological polar surface area (TPSA) is 35.6 Å². The zero-order valence-electron chi connectivity index (χ0n) is 17.4. The molecule has 2 aromatic heterocycles. The van der Waals surface area contributed by atoms with Gasteiger partial charge in [-0.3, -0.25) is 0 Å². The number of hydrogen-bond acceptors (Lipinski definition) is 2. The van der Waals surface area contributed by atoms with E-state index >= 15 is 0 Å². The molecule has 4 heteroatoms. The van der Waals surface area contributed by atoms with Crippen LogP contribution in [-0.2, 0) is 6.54 Å². The highest BCUT2D eigenvalue weighted by atomic mass is 15.4. The first-order chi connectivity index (χ1) is 14.3. The summed E-state index contributed by atoms with van der Waals surface area (Å²) < 4.78 is 4.28. The highest BCUT2D eigenvalue weighted by Crippen LogP contribution is 2.31. The lowest BCUT2D eigenvalue weighted by atomic mass is 10.1. The van der Waals surface area contributed by atoms with Crippen LogP contribution in [0.4, 0.5) is 0 Å². The molecule has 3 aromatic carbocycles. The highest BCUT2D eigenvalue weighted by molar-refractivity contribution is 6.08. The van der Waals surface area contributed by atoms with Gasteiger partial charge >= 0.3 is 0 Å². The Labute approximate surface area is 171 Å². The molecule has 5 rings (SSSR count). The summed E-state index contributed by atoms with van der Waals surface area (Å²) in [4.78, 5) is 0. The summed E-state index contributed by atoms with van der Waals surface area (Å²) in [5, 5.41) is 11.1. The van der Waals surface area contributed by atoms with Gasteiger partial charge in [0, 0.05) is 33.9 Å². The molecule has 0 saturated heterocycles. The van der Waals surface area contributed by atoms with Gasteiger partial charge in [0.1, 0.15) is 0 Å². The molecule has 0 fully saturated rings. The third-order valence-electron chi connectivity index (χ3n) is 5.18. The number of rotatable bonds is 3. The molecule has 0 bridgehead atoms. The van der Waals surface area contributed by atoms with Gasteiger partial charge in [-0.2, -0.15) is 0 Å². The first kappa shape index (κ1) is 18.9. The fourth-order valence-electron chi connectivity index (χ4n) is 3.94. The molecule has 0 radical (unpaired) electrons. The fraction of sp³-hybridized carbons (Fsp3) is 0.200. The van der Waals surface area contributed by atoms with Crippen LogP contribution in [0, 0.1) is 6.92 Å². The van der Waals surface area contributed by atoms with Crippen molar-refractivity contribution in [2.45, 2.75) is 34.2 Å². The largest absolute Gasteiger partial charge is 0.341 e. The third-order valence-corrected chi connectivity index (χ3v) is 5.18. The zero-order valence-corrected chi connectivity index (χ0v) is 17.4. The van der Waals surface area contributed by atoms with Gasteiger partial charge in [0.2, 0.25) is 0 Å². The smallest absolute Gasteiger partial charge is 0.0944 e. The van der Waals surface area contributed by atoms with Crippen LogP contribution in [0.3, 0.4) is 0 Å². The van der Waals surface area contributed by atoms with Gasteiger partial charge in [0.25, 0.3) is 0 Å². The van der Waals surface area contributed by atoms with E-state index < -0.39 is 0 Å². The van der Waals surface area contributed by atoms with Crippen molar-refractivity contribution in [2.24, 2.45) is 0 Å². The summed E-state index contributed by atoms with van der Waals surface area (Å²) in [6, 6.07) is 23.5. The van der Waals surface area contributed by atoms with E-state index in [0.29, 0.717) is 0 Å². The number of hydrogen-bond donors (Lipinski definition) is 0. The van der Waals surface area contributed by atoms with Crippen LogP contribution in [0.25, 0.3) is 38.8 Å². The second kappa shape index (κ2) is 7.92. The first-order valence-electron chi connectivity index (χ1n) is 10.3. The minimum Gasteiger partial charge on any atom is -0.341 e. The summed E-state index contributed by atoms with van der Waals surface area (Å²) in [7, 11) is 0. The highest BCUT2D eigenvalue weighted by Gasteiger charge is 2.13. The molecule has 0 unspecified atom stereocenters. The molecule has 0 saturated carbocycles. The SMILES string of the molecule is CC.CCn1c2ccccc2c2cc(-n3nncc3-c3cccc(C)c3)ccc21. The Morgan fingerprint density at radius 2 is 1.62 bits per heavy atom. The van der Waals surface area contributed by atoms with Crippen LogP contribution in [-0.4, -0.2) is 19.6 Å². The van der Waals surface area contributed by atoms with Crippen LogP contribution in [0.5, 0.6) is 0 Å². The normalized spacial score (nSPS) is 10.9. The second-order valence-electron chi connectivity index (χ2n) is 6.86. The standard InChI is InChI=1S/C23H20N4.C2H6/c1-3-26-21-10-5-4-9-19(21)20-14-18(11-12-22(20)26)27-23(15-24-25-27)17-8-6-7-16(2)13-17;1-2/h4-15H,3H2,1-2H3;1-2H3. The summed E-state index contributed by atoms with van der Waals surface area (Å²) in [6.45, 7) is 9.23. The van der Waals surface area contributed by atoms with Crippen molar-refractivity contribution in [3.05, 3.63) is 78.5 Å². The van der Waals surface area contributed by atoms with Gasteiger partial charge in [-0.05, 0) is 44.2 Å². The second-order valence-corrected chi connectivity index (χ2v) is 6.86. The van der Waals surface area contributed by atoms with Crippen molar-refractivity contribution in [1.29, 1.82) is 0 Å². The van der Waals surface area contributed by atoms with Crippen molar-refractivity contribution in [1.82, 2.24) is 19.6 Å². The Morgan fingerprint density at radius 1 is 0.828 bits per heavy atom. The molecule has 0 N–H and O–H groups in total. The molecule has 5 aromatic rings. The number of benzene rings is 3. The average Bonchev–Trinajstić information content (AvgIpc) is 3.37. The lowest BCUT2D eigenvalue weighted by Gasteiger charge is -2.08. The molecule has 0 aliphatic rings. The van der Waals surface area contributed by atoms with Gasteiger partial charge in [-0.1, -0.05) is 61.0 Å². The summed E-state index contributed by atoms with van der Waals surface area (Å²) in [6.07, 6.45) is 1.83. The molecule has 0 spiro atoms. The Kier molecular flexibility index (Phi) is 5.17. The molecule has 0 aliphatic heterocycles. The van der Waals surface area contributed by atoms with Crippen molar-refractivity contribution in [3.8, 4) is 16.9 Å². The summed E-state index contributed by atoms with van der Waals surface area (Å²) in [5.74, 6) is 0. The number of aromatic nitrogens is 4. The van der Waals surface area contributed by atoms with E-state index in [2.05, 4.69) is 95.5 Å². The lowest BCUT2D eigenvalue weighted by molar-refractivity contribution is 0.807. The van der Waals surface area contributed by atoms with Gasteiger partial charge in [-0.15, -0.1) is 5.10 Å². The van der Waals surface area contributed by atoms with Crippen LogP contribution >= 0.6 is 0 Å². The molecule has 2 heterocycles. The first-order valence-corrected chi connectivity index (χ1v) is 10.3. The molecule has 0 atom stereocenters. The van der Waals surface area contributed by atoms with Gasteiger partial charge in [0.15, 0.2) is 0 Å². The number of nitrogens with zero attached hydrogens (tertiary/aromatic N) is 4. The van der Waals surface area contributed by atoms with E-state index in [1.807, 2.05) is 24.7 Å². The van der Waals surface area contributed by atoms with Crippen LogP contribution in [0.2, 0.25) is 0 Å². The maximum absolute atomic E-state index is 4.37.